The number of nitrogens with one attached hydrogen (secondary N) is 2. The number of aromatic amines is 2. The van der Waals surface area contributed by atoms with Crippen molar-refractivity contribution in [2.45, 2.75) is 16.5 Å². The van der Waals surface area contributed by atoms with Crippen LogP contribution in [-0.2, 0) is 0 Å². The van der Waals surface area contributed by atoms with Crippen LogP contribution in [0.15, 0.2) is 95.0 Å². The molecule has 0 bridgehead atoms. The fourth-order valence-electron chi connectivity index (χ4n) is 4.00. The standard InChI is InChI=1S/C22H12F2N4S2.C11H7FN2O/c23-17-7-3-1-5-15(17)19-9-13(11-25)21(27-19)29-30-22-14(12-26)10-20(28-22)16-6-2-4-8-18(16)24;12-10-4-2-1-3-9(10)11(15)5-8(6-13)7-14/h1-10,27-28H;1-4,8H,5H2. The van der Waals surface area contributed by atoms with E-state index in [1.807, 2.05) is 0 Å². The lowest BCUT2D eigenvalue weighted by Crippen LogP contribution is -2.07. The maximum absolute atomic E-state index is 14.1. The third kappa shape index (κ3) is 7.84. The Morgan fingerprint density at radius 3 is 1.49 bits per heavy atom. The minimum atomic E-state index is -1.02. The molecule has 3 aromatic carbocycles. The average Bonchev–Trinajstić information content (AvgIpc) is 3.67. The summed E-state index contributed by atoms with van der Waals surface area (Å²) in [4.78, 5) is 17.6. The summed E-state index contributed by atoms with van der Waals surface area (Å²) in [7, 11) is 2.46. The minimum Gasteiger partial charge on any atom is -0.348 e. The lowest BCUT2D eigenvalue weighted by Gasteiger charge is -2.01. The number of hydrogen-bond donors (Lipinski definition) is 2. The Morgan fingerprint density at radius 1 is 0.667 bits per heavy atom. The van der Waals surface area contributed by atoms with Gasteiger partial charge in [-0.2, -0.15) is 21.0 Å². The van der Waals surface area contributed by atoms with E-state index in [4.69, 9.17) is 10.5 Å². The Hall–Kier alpha value is -5.66. The highest BCUT2D eigenvalue weighted by Gasteiger charge is 2.18. The molecule has 0 atom stereocenters. The van der Waals surface area contributed by atoms with Crippen LogP contribution in [0, 0.1) is 68.7 Å². The maximum Gasteiger partial charge on any atom is 0.168 e. The van der Waals surface area contributed by atoms with Crippen LogP contribution in [0.4, 0.5) is 13.2 Å². The molecule has 2 N–H and O–H groups in total. The number of carbonyl (C=O) groups is 1. The third-order valence-electron chi connectivity index (χ3n) is 6.22. The van der Waals surface area contributed by atoms with Gasteiger partial charge in [-0.3, -0.25) is 4.79 Å². The molecule has 7 nitrogen and oxygen atoms in total. The van der Waals surface area contributed by atoms with Gasteiger partial charge in [0.1, 0.15) is 45.6 Å². The van der Waals surface area contributed by atoms with Crippen LogP contribution >= 0.6 is 21.6 Å². The molecule has 0 amide bonds. The van der Waals surface area contributed by atoms with Gasteiger partial charge in [0, 0.05) is 17.5 Å². The number of ketones is 1. The van der Waals surface area contributed by atoms with Crippen molar-refractivity contribution in [3.05, 3.63) is 119 Å². The Kier molecular flexibility index (Phi) is 10.9. The lowest BCUT2D eigenvalue weighted by molar-refractivity contribution is 0.0972. The summed E-state index contributed by atoms with van der Waals surface area (Å²) in [6, 6.07) is 28.8. The van der Waals surface area contributed by atoms with Gasteiger partial charge in [-0.15, -0.1) is 0 Å². The number of carbonyl (C=O) groups excluding carboxylic acids is 1. The molecule has 5 aromatic rings. The molecule has 0 aliphatic carbocycles. The highest BCUT2D eigenvalue weighted by atomic mass is 33.1. The number of rotatable bonds is 8. The van der Waals surface area contributed by atoms with Gasteiger partial charge in [0.25, 0.3) is 0 Å². The number of halogens is 3. The van der Waals surface area contributed by atoms with Crippen LogP contribution in [0.1, 0.15) is 27.9 Å². The molecule has 2 heterocycles. The molecule has 0 radical (unpaired) electrons. The van der Waals surface area contributed by atoms with Crippen LogP contribution < -0.4 is 0 Å². The number of nitriles is 4. The molecule has 2 aromatic heterocycles. The molecular weight excluding hydrogens is 618 g/mol. The van der Waals surface area contributed by atoms with E-state index in [9.17, 15) is 28.5 Å². The lowest BCUT2D eigenvalue weighted by atomic mass is 10.0. The number of benzene rings is 3. The van der Waals surface area contributed by atoms with Crippen molar-refractivity contribution >= 4 is 27.4 Å². The SMILES string of the molecule is N#CC(C#N)CC(=O)c1ccccc1F.N#Cc1cc(-c2ccccc2F)[nH]c1SSc1[nH]c(-c2ccccc2F)cc1C#N. The molecule has 0 saturated carbocycles. The summed E-state index contributed by atoms with van der Waals surface area (Å²) in [5.74, 6) is -2.95. The van der Waals surface area contributed by atoms with Gasteiger partial charge in [-0.05, 0) is 70.1 Å². The largest absolute Gasteiger partial charge is 0.348 e. The predicted molar refractivity (Wildman–Crippen MR) is 164 cm³/mol. The highest BCUT2D eigenvalue weighted by Crippen LogP contribution is 2.42. The summed E-state index contributed by atoms with van der Waals surface area (Å²) < 4.78 is 41.3. The van der Waals surface area contributed by atoms with E-state index < -0.39 is 29.2 Å². The zero-order valence-electron chi connectivity index (χ0n) is 23.0. The molecule has 0 aliphatic rings. The molecular formula is C33H19F3N6OS2. The summed E-state index contributed by atoms with van der Waals surface area (Å²) in [6.07, 6.45) is -0.270. The smallest absolute Gasteiger partial charge is 0.168 e. The van der Waals surface area contributed by atoms with Crippen LogP contribution in [0.5, 0.6) is 0 Å². The van der Waals surface area contributed by atoms with Crippen molar-refractivity contribution in [2.24, 2.45) is 5.92 Å². The van der Waals surface area contributed by atoms with Crippen molar-refractivity contribution in [1.82, 2.24) is 9.97 Å². The van der Waals surface area contributed by atoms with Crippen LogP contribution in [0.2, 0.25) is 0 Å². The third-order valence-corrected chi connectivity index (χ3v) is 8.53. The van der Waals surface area contributed by atoms with E-state index >= 15 is 0 Å². The van der Waals surface area contributed by atoms with E-state index in [-0.39, 0.29) is 12.0 Å². The van der Waals surface area contributed by atoms with Gasteiger partial charge < -0.3 is 9.97 Å². The Labute approximate surface area is 264 Å². The van der Waals surface area contributed by atoms with Crippen molar-refractivity contribution in [1.29, 1.82) is 21.0 Å². The Bertz CT molecular complexity index is 1910. The molecule has 220 valence electrons. The van der Waals surface area contributed by atoms with Gasteiger partial charge in [0.2, 0.25) is 0 Å². The van der Waals surface area contributed by atoms with E-state index in [0.29, 0.717) is 43.7 Å². The summed E-state index contributed by atoms with van der Waals surface area (Å²) in [6.45, 7) is 0. The minimum absolute atomic E-state index is 0.0759. The van der Waals surface area contributed by atoms with Crippen LogP contribution in [0.25, 0.3) is 22.5 Å². The monoisotopic (exact) mass is 636 g/mol. The molecule has 0 saturated heterocycles. The summed E-state index contributed by atoms with van der Waals surface area (Å²) in [5, 5.41) is 36.9. The fourth-order valence-corrected chi connectivity index (χ4v) is 6.15. The fraction of sp³-hybridized carbons (Fsp3) is 0.0606. The molecule has 0 unspecified atom stereocenters. The van der Waals surface area contributed by atoms with Crippen molar-refractivity contribution in [3.8, 4) is 46.8 Å². The number of hydrogen-bond acceptors (Lipinski definition) is 7. The summed E-state index contributed by atoms with van der Waals surface area (Å²) >= 11 is 0. The first-order valence-corrected chi connectivity index (χ1v) is 15.1. The van der Waals surface area contributed by atoms with E-state index in [0.717, 1.165) is 0 Å². The van der Waals surface area contributed by atoms with Gasteiger partial charge in [-0.1, -0.05) is 36.4 Å². The highest BCUT2D eigenvalue weighted by molar-refractivity contribution is 8.76. The van der Waals surface area contributed by atoms with E-state index in [2.05, 4.69) is 22.1 Å². The average molecular weight is 637 g/mol. The Morgan fingerprint density at radius 2 is 1.09 bits per heavy atom. The van der Waals surface area contributed by atoms with Gasteiger partial charge in [0.05, 0.1) is 40.2 Å². The van der Waals surface area contributed by atoms with Gasteiger partial charge >= 0.3 is 0 Å². The topological polar surface area (TPSA) is 144 Å². The molecule has 0 aliphatic heterocycles. The van der Waals surface area contributed by atoms with E-state index in [1.165, 1.54) is 58.0 Å². The second-order valence-corrected chi connectivity index (χ2v) is 11.3. The predicted octanol–water partition coefficient (Wildman–Crippen LogP) is 8.56. The van der Waals surface area contributed by atoms with Crippen molar-refractivity contribution < 1.29 is 18.0 Å². The van der Waals surface area contributed by atoms with Gasteiger partial charge in [0.15, 0.2) is 5.78 Å². The molecule has 12 heteroatoms. The normalized spacial score (nSPS) is 10.1. The van der Waals surface area contributed by atoms with Gasteiger partial charge in [-0.25, -0.2) is 13.2 Å². The second-order valence-electron chi connectivity index (χ2n) is 9.12. The first-order chi connectivity index (χ1) is 21.8. The number of Topliss-reactive ketones (excluding diaryl/α,β-unsaturated/α-hetero) is 1. The second kappa shape index (κ2) is 15.2. The number of H-pyrrole nitrogens is 2. The zero-order chi connectivity index (χ0) is 32.3. The summed E-state index contributed by atoms with van der Waals surface area (Å²) in [5.41, 5.74) is 2.37. The first-order valence-electron chi connectivity index (χ1n) is 13.0. The Balaban J connectivity index is 0.000000259. The molecule has 0 spiro atoms. The number of nitrogens with zero attached hydrogens (tertiary/aromatic N) is 4. The maximum atomic E-state index is 14.1. The van der Waals surface area contributed by atoms with Crippen molar-refractivity contribution in [3.63, 3.8) is 0 Å². The van der Waals surface area contributed by atoms with E-state index in [1.54, 1.807) is 60.7 Å². The zero-order valence-corrected chi connectivity index (χ0v) is 24.6. The van der Waals surface area contributed by atoms with Crippen LogP contribution in [0.3, 0.4) is 0 Å². The number of aromatic nitrogens is 2. The molecule has 0 fully saturated rings. The molecule has 5 rings (SSSR count). The quantitative estimate of drug-likeness (QED) is 0.128. The molecule has 45 heavy (non-hydrogen) atoms. The first kappa shape index (κ1) is 32.3. The van der Waals surface area contributed by atoms with Crippen molar-refractivity contribution in [2.75, 3.05) is 0 Å². The van der Waals surface area contributed by atoms with Crippen LogP contribution in [-0.4, -0.2) is 15.8 Å².